The summed E-state index contributed by atoms with van der Waals surface area (Å²) < 4.78 is 2.30. The molecule has 1 amide bonds. The van der Waals surface area contributed by atoms with Crippen LogP contribution >= 0.6 is 23.1 Å². The summed E-state index contributed by atoms with van der Waals surface area (Å²) in [5.41, 5.74) is 2.20. The molecule has 2 N–H and O–H groups in total. The molecule has 0 bridgehead atoms. The summed E-state index contributed by atoms with van der Waals surface area (Å²) in [6.45, 7) is 4.36. The van der Waals surface area contributed by atoms with Gasteiger partial charge in [-0.25, -0.2) is 9.78 Å². The first-order valence-electron chi connectivity index (χ1n) is 10.5. The molecule has 8 heteroatoms. The summed E-state index contributed by atoms with van der Waals surface area (Å²) in [5, 5.41) is 14.1. The number of amides is 1. The first-order valence-corrected chi connectivity index (χ1v) is 12.8. The standard InChI is InChI=1S/C23H29N3O3S2/c1-4-16(5-2)26-20-9-8-15(22(27)25-18(23(28)29)10-12-30-3)13-19(20)24-21(26)14-17-7-6-11-31-17/h6-9,11,13,16,18H,4-5,10,12,14H2,1-3H3,(H,25,27)(H,28,29)/t18-/m0/s1. The van der Waals surface area contributed by atoms with Crippen molar-refractivity contribution in [3.8, 4) is 0 Å². The van der Waals surface area contributed by atoms with Crippen LogP contribution < -0.4 is 5.32 Å². The second-order valence-corrected chi connectivity index (χ2v) is 9.49. The Balaban J connectivity index is 1.94. The van der Waals surface area contributed by atoms with E-state index in [0.29, 0.717) is 23.8 Å². The Morgan fingerprint density at radius 3 is 2.65 bits per heavy atom. The third kappa shape index (κ3) is 5.49. The van der Waals surface area contributed by atoms with E-state index >= 15 is 0 Å². The number of aromatic nitrogens is 2. The van der Waals surface area contributed by atoms with Gasteiger partial charge in [-0.2, -0.15) is 11.8 Å². The van der Waals surface area contributed by atoms with Crippen LogP contribution in [0.5, 0.6) is 0 Å². The van der Waals surface area contributed by atoms with Gasteiger partial charge in [0.15, 0.2) is 0 Å². The lowest BCUT2D eigenvalue weighted by atomic mass is 10.1. The molecule has 3 aromatic rings. The summed E-state index contributed by atoms with van der Waals surface area (Å²) in [4.78, 5) is 30.4. The van der Waals surface area contributed by atoms with E-state index in [-0.39, 0.29) is 5.91 Å². The average Bonchev–Trinajstić information content (AvgIpc) is 3.39. The Bertz CT molecular complexity index is 1030. The minimum absolute atomic E-state index is 0.336. The van der Waals surface area contributed by atoms with Crippen molar-refractivity contribution in [3.05, 3.63) is 52.0 Å². The molecule has 3 rings (SSSR count). The lowest BCUT2D eigenvalue weighted by molar-refractivity contribution is -0.139. The van der Waals surface area contributed by atoms with Gasteiger partial charge in [0.1, 0.15) is 11.9 Å². The van der Waals surface area contributed by atoms with Gasteiger partial charge < -0.3 is 15.0 Å². The van der Waals surface area contributed by atoms with Crippen LogP contribution in [0.2, 0.25) is 0 Å². The topological polar surface area (TPSA) is 84.2 Å². The highest BCUT2D eigenvalue weighted by molar-refractivity contribution is 7.98. The molecule has 1 aromatic carbocycles. The predicted molar refractivity (Wildman–Crippen MR) is 128 cm³/mol. The normalized spacial score (nSPS) is 12.4. The summed E-state index contributed by atoms with van der Waals surface area (Å²) in [7, 11) is 0. The fraction of sp³-hybridized carbons (Fsp3) is 0.435. The Morgan fingerprint density at radius 2 is 2.03 bits per heavy atom. The quantitative estimate of drug-likeness (QED) is 0.422. The third-order valence-electron chi connectivity index (χ3n) is 5.46. The van der Waals surface area contributed by atoms with Crippen molar-refractivity contribution in [2.75, 3.05) is 12.0 Å². The highest BCUT2D eigenvalue weighted by atomic mass is 32.2. The minimum Gasteiger partial charge on any atom is -0.480 e. The molecular formula is C23H29N3O3S2. The van der Waals surface area contributed by atoms with Crippen molar-refractivity contribution < 1.29 is 14.7 Å². The van der Waals surface area contributed by atoms with Gasteiger partial charge in [0.25, 0.3) is 5.91 Å². The van der Waals surface area contributed by atoms with E-state index in [0.717, 1.165) is 36.1 Å². The number of imidazole rings is 1. The maximum Gasteiger partial charge on any atom is 0.326 e. The average molecular weight is 460 g/mol. The Labute approximate surface area is 191 Å². The molecule has 2 aromatic heterocycles. The van der Waals surface area contributed by atoms with E-state index in [4.69, 9.17) is 4.98 Å². The number of carbonyl (C=O) groups excluding carboxylic acids is 1. The zero-order valence-corrected chi connectivity index (χ0v) is 19.8. The van der Waals surface area contributed by atoms with Crippen LogP contribution in [0.15, 0.2) is 35.7 Å². The number of nitrogens with zero attached hydrogens (tertiary/aromatic N) is 2. The molecule has 166 valence electrons. The predicted octanol–water partition coefficient (Wildman–Crippen LogP) is 4.99. The number of aliphatic carboxylic acids is 1. The van der Waals surface area contributed by atoms with Crippen LogP contribution in [0.1, 0.15) is 60.2 Å². The Morgan fingerprint density at radius 1 is 1.26 bits per heavy atom. The van der Waals surface area contributed by atoms with Crippen LogP contribution in [-0.4, -0.2) is 44.6 Å². The number of fused-ring (bicyclic) bond motifs is 1. The summed E-state index contributed by atoms with van der Waals surface area (Å²) >= 11 is 3.27. The molecule has 0 spiro atoms. The lowest BCUT2D eigenvalue weighted by Crippen LogP contribution is -2.41. The SMILES string of the molecule is CCC(CC)n1c(Cc2cccs2)nc2cc(C(=O)N[C@@H](CCSC)C(=O)O)ccc21. The maximum absolute atomic E-state index is 12.7. The first-order chi connectivity index (χ1) is 15.0. The highest BCUT2D eigenvalue weighted by Gasteiger charge is 2.22. The number of thiophene rings is 1. The number of hydrogen-bond acceptors (Lipinski definition) is 5. The number of benzene rings is 1. The van der Waals surface area contributed by atoms with Gasteiger partial charge in [-0.3, -0.25) is 4.79 Å². The van der Waals surface area contributed by atoms with Crippen LogP contribution in [0.25, 0.3) is 11.0 Å². The number of carboxylic acid groups (broad SMARTS) is 1. The van der Waals surface area contributed by atoms with Crippen molar-refractivity contribution in [1.82, 2.24) is 14.9 Å². The zero-order chi connectivity index (χ0) is 22.4. The zero-order valence-electron chi connectivity index (χ0n) is 18.1. The summed E-state index contributed by atoms with van der Waals surface area (Å²) in [5.74, 6) is 0.265. The van der Waals surface area contributed by atoms with Crippen molar-refractivity contribution in [3.63, 3.8) is 0 Å². The van der Waals surface area contributed by atoms with Crippen molar-refractivity contribution >= 4 is 46.0 Å². The van der Waals surface area contributed by atoms with Crippen LogP contribution in [-0.2, 0) is 11.2 Å². The molecule has 0 radical (unpaired) electrons. The van der Waals surface area contributed by atoms with Crippen molar-refractivity contribution in [2.45, 2.75) is 51.6 Å². The third-order valence-corrected chi connectivity index (χ3v) is 6.98. The van der Waals surface area contributed by atoms with Crippen LogP contribution in [0.3, 0.4) is 0 Å². The molecule has 0 saturated heterocycles. The molecule has 0 aliphatic carbocycles. The van der Waals surface area contributed by atoms with Crippen LogP contribution in [0.4, 0.5) is 0 Å². The number of carboxylic acids is 1. The monoisotopic (exact) mass is 459 g/mol. The number of rotatable bonds is 11. The maximum atomic E-state index is 12.7. The van der Waals surface area contributed by atoms with Gasteiger partial charge >= 0.3 is 5.97 Å². The van der Waals surface area contributed by atoms with E-state index in [1.165, 1.54) is 4.88 Å². The molecule has 0 fully saturated rings. The van der Waals surface area contributed by atoms with Crippen LogP contribution in [0, 0.1) is 0 Å². The second-order valence-electron chi connectivity index (χ2n) is 7.47. The minimum atomic E-state index is -1.01. The molecule has 31 heavy (non-hydrogen) atoms. The fourth-order valence-corrected chi connectivity index (χ4v) is 4.95. The smallest absolute Gasteiger partial charge is 0.326 e. The molecule has 1 atom stereocenters. The van der Waals surface area contributed by atoms with Gasteiger partial charge in [0.2, 0.25) is 0 Å². The molecule has 2 heterocycles. The Kier molecular flexibility index (Phi) is 8.15. The van der Waals surface area contributed by atoms with Crippen molar-refractivity contribution in [1.29, 1.82) is 0 Å². The number of thioether (sulfide) groups is 1. The first kappa shape index (κ1) is 23.3. The van der Waals surface area contributed by atoms with E-state index in [2.05, 4.69) is 35.2 Å². The fourth-order valence-electron chi connectivity index (χ4n) is 3.78. The van der Waals surface area contributed by atoms with Gasteiger partial charge in [0.05, 0.1) is 11.0 Å². The largest absolute Gasteiger partial charge is 0.480 e. The van der Waals surface area contributed by atoms with E-state index in [1.54, 1.807) is 35.2 Å². The number of hydrogen-bond donors (Lipinski definition) is 2. The molecule has 0 unspecified atom stereocenters. The number of carbonyl (C=O) groups is 2. The molecule has 0 aliphatic heterocycles. The molecule has 0 saturated carbocycles. The highest BCUT2D eigenvalue weighted by Crippen LogP contribution is 2.28. The van der Waals surface area contributed by atoms with E-state index < -0.39 is 12.0 Å². The van der Waals surface area contributed by atoms with Crippen molar-refractivity contribution in [2.24, 2.45) is 0 Å². The Hall–Kier alpha value is -2.32. The summed E-state index contributed by atoms with van der Waals surface area (Å²) in [6, 6.07) is 9.07. The van der Waals surface area contributed by atoms with E-state index in [1.807, 2.05) is 18.4 Å². The van der Waals surface area contributed by atoms with Gasteiger partial charge in [-0.1, -0.05) is 19.9 Å². The molecule has 0 aliphatic rings. The van der Waals surface area contributed by atoms with Gasteiger partial charge in [-0.05, 0) is 60.9 Å². The summed E-state index contributed by atoms with van der Waals surface area (Å²) in [6.07, 6.45) is 5.05. The van der Waals surface area contributed by atoms with Gasteiger partial charge in [0, 0.05) is 22.9 Å². The number of nitrogens with one attached hydrogen (secondary N) is 1. The lowest BCUT2D eigenvalue weighted by Gasteiger charge is -2.19. The van der Waals surface area contributed by atoms with E-state index in [9.17, 15) is 14.7 Å². The molecule has 6 nitrogen and oxygen atoms in total. The van der Waals surface area contributed by atoms with Gasteiger partial charge in [-0.15, -0.1) is 11.3 Å². The second kappa shape index (κ2) is 10.8. The molecular weight excluding hydrogens is 430 g/mol.